The Morgan fingerprint density at radius 3 is 2.44 bits per heavy atom. The summed E-state index contributed by atoms with van der Waals surface area (Å²) in [6.45, 7) is 2.21. The van der Waals surface area contributed by atoms with Gasteiger partial charge in [0.15, 0.2) is 0 Å². The highest BCUT2D eigenvalue weighted by Crippen LogP contribution is 2.28. The summed E-state index contributed by atoms with van der Waals surface area (Å²) in [5.41, 5.74) is 0. The van der Waals surface area contributed by atoms with Gasteiger partial charge < -0.3 is 4.43 Å². The minimum Gasteiger partial charge on any atom is -0.425 e. The zero-order chi connectivity index (χ0) is 6.69. The first kappa shape index (κ1) is 7.29. The van der Waals surface area contributed by atoms with E-state index in [9.17, 15) is 0 Å². The molecule has 0 aromatic carbocycles. The zero-order valence-corrected chi connectivity index (χ0v) is 8.39. The van der Waals surface area contributed by atoms with Crippen molar-refractivity contribution in [1.82, 2.24) is 0 Å². The van der Waals surface area contributed by atoms with Crippen molar-refractivity contribution in [3.63, 3.8) is 0 Å². The van der Waals surface area contributed by atoms with Gasteiger partial charge in [-0.1, -0.05) is 12.8 Å². The lowest BCUT2D eigenvalue weighted by Crippen LogP contribution is -2.16. The maximum Gasteiger partial charge on any atom is 0.146 e. The summed E-state index contributed by atoms with van der Waals surface area (Å²) >= 11 is 0. The van der Waals surface area contributed by atoms with Gasteiger partial charge in [0, 0.05) is 6.10 Å². The third-order valence-electron chi connectivity index (χ3n) is 2.44. The van der Waals surface area contributed by atoms with Crippen LogP contribution in [-0.4, -0.2) is 16.6 Å². The first-order chi connectivity index (χ1) is 4.34. The van der Waals surface area contributed by atoms with E-state index in [1.54, 1.807) is 0 Å². The largest absolute Gasteiger partial charge is 0.425 e. The van der Waals surface area contributed by atoms with Gasteiger partial charge in [-0.3, -0.25) is 0 Å². The predicted molar refractivity (Wildman–Crippen MR) is 42.4 cm³/mol. The second kappa shape index (κ2) is 3.37. The topological polar surface area (TPSA) is 9.23 Å². The molecule has 1 atom stereocenters. The van der Waals surface area contributed by atoms with Crippen LogP contribution in [0.15, 0.2) is 0 Å². The van der Waals surface area contributed by atoms with Crippen LogP contribution in [0.3, 0.4) is 0 Å². The van der Waals surface area contributed by atoms with Gasteiger partial charge >= 0.3 is 0 Å². The van der Waals surface area contributed by atoms with Crippen LogP contribution in [0.1, 0.15) is 32.6 Å². The lowest BCUT2D eigenvalue weighted by molar-refractivity contribution is 0.169. The molecule has 1 nitrogen and oxygen atoms in total. The molecule has 9 heavy (non-hydrogen) atoms. The SMILES string of the molecule is CC(O[SiH3])C1CCCC1. The normalized spacial score (nSPS) is 25.0. The van der Waals surface area contributed by atoms with Gasteiger partial charge in [-0.15, -0.1) is 0 Å². The highest BCUT2D eigenvalue weighted by atomic mass is 28.2. The molecular formula is C7H16OSi. The standard InChI is InChI=1S/C7H16OSi/c1-6(8-9)7-4-2-3-5-7/h6-7H,2-5H2,1,9H3. The molecule has 0 aliphatic heterocycles. The molecule has 1 fully saturated rings. The van der Waals surface area contributed by atoms with E-state index in [-0.39, 0.29) is 0 Å². The molecule has 0 spiro atoms. The summed E-state index contributed by atoms with van der Waals surface area (Å²) < 4.78 is 5.37. The molecule has 54 valence electrons. The number of hydrogen-bond acceptors (Lipinski definition) is 1. The fraction of sp³-hybridized carbons (Fsp3) is 1.00. The molecule has 0 bridgehead atoms. The first-order valence-corrected chi connectivity index (χ1v) is 4.69. The summed E-state index contributed by atoms with van der Waals surface area (Å²) in [4.78, 5) is 0. The Balaban J connectivity index is 2.24. The Morgan fingerprint density at radius 1 is 1.44 bits per heavy atom. The highest BCUT2D eigenvalue weighted by Gasteiger charge is 2.20. The second-order valence-electron chi connectivity index (χ2n) is 2.99. The van der Waals surface area contributed by atoms with E-state index >= 15 is 0 Å². The van der Waals surface area contributed by atoms with Crippen molar-refractivity contribution in [2.75, 3.05) is 0 Å². The molecular weight excluding hydrogens is 128 g/mol. The van der Waals surface area contributed by atoms with Gasteiger partial charge in [0.1, 0.15) is 10.5 Å². The second-order valence-corrected chi connectivity index (χ2v) is 3.46. The highest BCUT2D eigenvalue weighted by molar-refractivity contribution is 5.98. The molecule has 0 aromatic rings. The van der Waals surface area contributed by atoms with Crippen LogP contribution in [0.25, 0.3) is 0 Å². The Labute approximate surface area is 60.3 Å². The molecule has 1 rings (SSSR count). The number of rotatable bonds is 2. The zero-order valence-electron chi connectivity index (χ0n) is 6.39. The third-order valence-corrected chi connectivity index (χ3v) is 3.18. The quantitative estimate of drug-likeness (QED) is 0.522. The fourth-order valence-electron chi connectivity index (χ4n) is 1.62. The molecule has 2 heteroatoms. The maximum atomic E-state index is 5.37. The monoisotopic (exact) mass is 144 g/mol. The van der Waals surface area contributed by atoms with E-state index in [1.165, 1.54) is 25.7 Å². The predicted octanol–water partition coefficient (Wildman–Crippen LogP) is 0.862. The molecule has 1 aliphatic carbocycles. The van der Waals surface area contributed by atoms with Crippen molar-refractivity contribution in [1.29, 1.82) is 0 Å². The smallest absolute Gasteiger partial charge is 0.146 e. The van der Waals surface area contributed by atoms with Gasteiger partial charge in [-0.2, -0.15) is 0 Å². The van der Waals surface area contributed by atoms with Crippen molar-refractivity contribution in [2.45, 2.75) is 38.7 Å². The van der Waals surface area contributed by atoms with Gasteiger partial charge in [0.2, 0.25) is 0 Å². The van der Waals surface area contributed by atoms with Gasteiger partial charge in [-0.05, 0) is 25.7 Å². The molecule has 0 saturated heterocycles. The Morgan fingerprint density at radius 2 is 2.00 bits per heavy atom. The fourth-order valence-corrected chi connectivity index (χ4v) is 2.00. The lowest BCUT2D eigenvalue weighted by Gasteiger charge is -2.16. The van der Waals surface area contributed by atoms with Crippen LogP contribution in [0.5, 0.6) is 0 Å². The van der Waals surface area contributed by atoms with E-state index in [0.717, 1.165) is 16.4 Å². The van der Waals surface area contributed by atoms with Gasteiger partial charge in [0.25, 0.3) is 0 Å². The van der Waals surface area contributed by atoms with Crippen LogP contribution in [0.4, 0.5) is 0 Å². The van der Waals surface area contributed by atoms with Crippen molar-refractivity contribution in [3.05, 3.63) is 0 Å². The Kier molecular flexibility index (Phi) is 2.73. The van der Waals surface area contributed by atoms with E-state index in [4.69, 9.17) is 4.43 Å². The van der Waals surface area contributed by atoms with Crippen LogP contribution in [-0.2, 0) is 4.43 Å². The molecule has 1 unspecified atom stereocenters. The average Bonchev–Trinajstić information content (AvgIpc) is 2.37. The Bertz CT molecular complexity index is 79.0. The van der Waals surface area contributed by atoms with E-state index in [2.05, 4.69) is 6.92 Å². The van der Waals surface area contributed by atoms with E-state index in [0.29, 0.717) is 6.10 Å². The van der Waals surface area contributed by atoms with Crippen molar-refractivity contribution in [2.24, 2.45) is 5.92 Å². The molecule has 0 heterocycles. The Hall–Kier alpha value is 0.177. The summed E-state index contributed by atoms with van der Waals surface area (Å²) in [6, 6.07) is 0. The summed E-state index contributed by atoms with van der Waals surface area (Å²) in [7, 11) is 0.908. The molecule has 0 aromatic heterocycles. The van der Waals surface area contributed by atoms with E-state index in [1.807, 2.05) is 0 Å². The molecule has 1 aliphatic rings. The summed E-state index contributed by atoms with van der Waals surface area (Å²) in [6.07, 6.45) is 6.23. The van der Waals surface area contributed by atoms with Crippen LogP contribution in [0, 0.1) is 5.92 Å². The summed E-state index contributed by atoms with van der Waals surface area (Å²) in [5, 5.41) is 0. The molecule has 0 N–H and O–H groups in total. The van der Waals surface area contributed by atoms with Gasteiger partial charge in [-0.25, -0.2) is 0 Å². The number of hydrogen-bond donors (Lipinski definition) is 0. The summed E-state index contributed by atoms with van der Waals surface area (Å²) in [5.74, 6) is 0.891. The average molecular weight is 144 g/mol. The van der Waals surface area contributed by atoms with Crippen LogP contribution in [0.2, 0.25) is 0 Å². The van der Waals surface area contributed by atoms with Gasteiger partial charge in [0.05, 0.1) is 0 Å². The minimum absolute atomic E-state index is 0.555. The minimum atomic E-state index is 0.555. The van der Waals surface area contributed by atoms with Crippen LogP contribution >= 0.6 is 0 Å². The van der Waals surface area contributed by atoms with Crippen molar-refractivity contribution in [3.8, 4) is 0 Å². The van der Waals surface area contributed by atoms with Crippen LogP contribution < -0.4 is 0 Å². The van der Waals surface area contributed by atoms with Crippen molar-refractivity contribution < 1.29 is 4.43 Å². The lowest BCUT2D eigenvalue weighted by atomic mass is 10.0. The molecule has 0 radical (unpaired) electrons. The van der Waals surface area contributed by atoms with Crippen molar-refractivity contribution >= 4 is 10.5 Å². The molecule has 1 saturated carbocycles. The molecule has 0 amide bonds. The van der Waals surface area contributed by atoms with E-state index < -0.39 is 0 Å². The maximum absolute atomic E-state index is 5.37. The first-order valence-electron chi connectivity index (χ1n) is 3.87. The third kappa shape index (κ3) is 1.80.